The zero-order chi connectivity index (χ0) is 24.9. The van der Waals surface area contributed by atoms with Gasteiger partial charge >= 0.3 is 0 Å². The molecule has 0 spiro atoms. The predicted molar refractivity (Wildman–Crippen MR) is 135 cm³/mol. The van der Waals surface area contributed by atoms with Gasteiger partial charge in [0, 0.05) is 12.2 Å². The van der Waals surface area contributed by atoms with Gasteiger partial charge in [-0.15, -0.1) is 0 Å². The summed E-state index contributed by atoms with van der Waals surface area (Å²) in [5, 5.41) is 7.67. The highest BCUT2D eigenvalue weighted by Gasteiger charge is 2.19. The van der Waals surface area contributed by atoms with E-state index in [2.05, 4.69) is 10.4 Å². The highest BCUT2D eigenvalue weighted by Crippen LogP contribution is 2.22. The van der Waals surface area contributed by atoms with Crippen molar-refractivity contribution in [2.45, 2.75) is 39.0 Å². The summed E-state index contributed by atoms with van der Waals surface area (Å²) in [5.74, 6) is 0.193. The first-order valence-electron chi connectivity index (χ1n) is 11.3. The van der Waals surface area contributed by atoms with Gasteiger partial charge in [0.25, 0.3) is 5.56 Å². The molecule has 2 aromatic carbocycles. The molecule has 8 nitrogen and oxygen atoms in total. The van der Waals surface area contributed by atoms with Crippen LogP contribution in [0.5, 0.6) is 5.75 Å². The van der Waals surface area contributed by atoms with E-state index in [1.807, 2.05) is 13.8 Å². The normalized spacial score (nSPS) is 11.1. The topological polar surface area (TPSA) is 91.0 Å². The highest BCUT2D eigenvalue weighted by atomic mass is 32.2. The Hall–Kier alpha value is -3.66. The second-order valence-electron chi connectivity index (χ2n) is 7.80. The number of rotatable bonds is 9. The fourth-order valence-corrected chi connectivity index (χ4v) is 4.46. The van der Waals surface area contributed by atoms with E-state index in [1.165, 1.54) is 28.5 Å². The van der Waals surface area contributed by atoms with Crippen molar-refractivity contribution in [3.63, 3.8) is 0 Å². The number of carbonyl (C=O) groups is 1. The number of hydrogen-bond acceptors (Lipinski definition) is 6. The lowest BCUT2D eigenvalue weighted by molar-refractivity contribution is -0.113. The molecule has 0 atom stereocenters. The minimum absolute atomic E-state index is 0.0511. The van der Waals surface area contributed by atoms with Crippen LogP contribution in [0.1, 0.15) is 25.1 Å². The lowest BCUT2D eigenvalue weighted by Gasteiger charge is -2.13. The zero-order valence-electron chi connectivity index (χ0n) is 19.7. The fraction of sp³-hybridized carbons (Fsp3) is 0.280. The number of fused-ring (bicyclic) bond motifs is 1. The number of amides is 1. The predicted octanol–water partition coefficient (Wildman–Crippen LogP) is 4.24. The molecule has 1 amide bonds. The van der Waals surface area contributed by atoms with Crippen LogP contribution in [0, 0.1) is 12.7 Å². The van der Waals surface area contributed by atoms with Gasteiger partial charge in [-0.25, -0.2) is 9.37 Å². The van der Waals surface area contributed by atoms with Gasteiger partial charge in [-0.3, -0.25) is 18.8 Å². The Kier molecular flexibility index (Phi) is 7.50. The van der Waals surface area contributed by atoms with Gasteiger partial charge in [0.05, 0.1) is 24.6 Å². The first kappa shape index (κ1) is 24.5. The Morgan fingerprint density at radius 2 is 1.83 bits per heavy atom. The Morgan fingerprint density at radius 3 is 2.49 bits per heavy atom. The van der Waals surface area contributed by atoms with Crippen LogP contribution in [0.15, 0.2) is 58.5 Å². The summed E-state index contributed by atoms with van der Waals surface area (Å²) in [6, 6.07) is 13.1. The number of anilines is 1. The van der Waals surface area contributed by atoms with Crippen LogP contribution in [0.2, 0.25) is 0 Å². The van der Waals surface area contributed by atoms with Crippen molar-refractivity contribution >= 4 is 34.4 Å². The molecule has 0 radical (unpaired) electrons. The van der Waals surface area contributed by atoms with Crippen LogP contribution in [-0.2, 0) is 17.9 Å². The Balaban J connectivity index is 1.60. The number of nitrogens with zero attached hydrogens (tertiary/aromatic N) is 4. The van der Waals surface area contributed by atoms with Crippen LogP contribution in [-0.4, -0.2) is 37.6 Å². The second kappa shape index (κ2) is 10.7. The summed E-state index contributed by atoms with van der Waals surface area (Å²) in [7, 11) is 0. The zero-order valence-corrected chi connectivity index (χ0v) is 20.6. The number of aromatic nitrogens is 4. The van der Waals surface area contributed by atoms with Gasteiger partial charge < -0.3 is 10.1 Å². The number of carbonyl (C=O) groups excluding carboxylic acids is 1. The molecule has 1 N–H and O–H groups in total. The molecule has 0 aliphatic heterocycles. The van der Waals surface area contributed by atoms with E-state index in [0.717, 1.165) is 11.3 Å². The van der Waals surface area contributed by atoms with Crippen LogP contribution < -0.4 is 15.6 Å². The van der Waals surface area contributed by atoms with Crippen molar-refractivity contribution in [3.05, 3.63) is 76.0 Å². The molecule has 0 aliphatic carbocycles. The summed E-state index contributed by atoms with van der Waals surface area (Å²) in [6.45, 7) is 6.90. The van der Waals surface area contributed by atoms with E-state index < -0.39 is 0 Å². The van der Waals surface area contributed by atoms with Crippen molar-refractivity contribution in [1.82, 2.24) is 19.3 Å². The van der Waals surface area contributed by atoms with Crippen LogP contribution in [0.3, 0.4) is 0 Å². The minimum Gasteiger partial charge on any atom is -0.494 e. The summed E-state index contributed by atoms with van der Waals surface area (Å²) in [6.07, 6.45) is 0. The average molecular weight is 496 g/mol. The van der Waals surface area contributed by atoms with Crippen molar-refractivity contribution in [3.8, 4) is 5.75 Å². The molecular formula is C25H26FN5O3S. The van der Waals surface area contributed by atoms with Gasteiger partial charge in [-0.1, -0.05) is 23.9 Å². The number of hydrogen-bond donors (Lipinski definition) is 1. The van der Waals surface area contributed by atoms with Gasteiger partial charge in [-0.2, -0.15) is 5.10 Å². The summed E-state index contributed by atoms with van der Waals surface area (Å²) in [5.41, 5.74) is 2.71. The SMILES string of the molecule is CCOc1ccc(NC(=O)CSc2nc3c(C)nn(CC)c3c(=O)n2Cc2ccc(F)cc2)cc1. The van der Waals surface area contributed by atoms with E-state index in [-0.39, 0.29) is 29.6 Å². The summed E-state index contributed by atoms with van der Waals surface area (Å²) in [4.78, 5) is 30.8. The van der Waals surface area contributed by atoms with E-state index in [1.54, 1.807) is 48.0 Å². The van der Waals surface area contributed by atoms with Crippen molar-refractivity contribution in [2.24, 2.45) is 0 Å². The van der Waals surface area contributed by atoms with Crippen molar-refractivity contribution in [1.29, 1.82) is 0 Å². The molecule has 182 valence electrons. The Labute approximate surface area is 206 Å². The number of ether oxygens (including phenoxy) is 1. The monoisotopic (exact) mass is 495 g/mol. The molecule has 4 aromatic rings. The number of halogens is 1. The van der Waals surface area contributed by atoms with E-state index in [4.69, 9.17) is 9.72 Å². The minimum atomic E-state index is -0.352. The maximum atomic E-state index is 13.5. The maximum Gasteiger partial charge on any atom is 0.280 e. The largest absolute Gasteiger partial charge is 0.494 e. The van der Waals surface area contributed by atoms with E-state index >= 15 is 0 Å². The third-order valence-electron chi connectivity index (χ3n) is 5.32. The van der Waals surface area contributed by atoms with E-state index in [9.17, 15) is 14.0 Å². The highest BCUT2D eigenvalue weighted by molar-refractivity contribution is 7.99. The molecule has 0 bridgehead atoms. The van der Waals surface area contributed by atoms with Crippen molar-refractivity contribution < 1.29 is 13.9 Å². The third kappa shape index (κ3) is 5.54. The first-order valence-corrected chi connectivity index (χ1v) is 12.3. The van der Waals surface area contributed by atoms with Gasteiger partial charge in [0.15, 0.2) is 10.7 Å². The number of thioether (sulfide) groups is 1. The quantitative estimate of drug-likeness (QED) is 0.276. The van der Waals surface area contributed by atoms with Crippen LogP contribution in [0.25, 0.3) is 11.0 Å². The number of benzene rings is 2. The molecule has 10 heteroatoms. The Morgan fingerprint density at radius 1 is 1.11 bits per heavy atom. The smallest absolute Gasteiger partial charge is 0.280 e. The van der Waals surface area contributed by atoms with Crippen LogP contribution >= 0.6 is 11.8 Å². The molecule has 2 aromatic heterocycles. The first-order chi connectivity index (χ1) is 16.9. The molecular weight excluding hydrogens is 469 g/mol. The molecule has 4 rings (SSSR count). The average Bonchev–Trinajstić information content (AvgIpc) is 3.18. The molecule has 2 heterocycles. The third-order valence-corrected chi connectivity index (χ3v) is 6.29. The summed E-state index contributed by atoms with van der Waals surface area (Å²) >= 11 is 1.17. The Bertz CT molecular complexity index is 1400. The van der Waals surface area contributed by atoms with Gasteiger partial charge in [0.1, 0.15) is 17.1 Å². The van der Waals surface area contributed by atoms with Crippen molar-refractivity contribution in [2.75, 3.05) is 17.7 Å². The van der Waals surface area contributed by atoms with Crippen LogP contribution in [0.4, 0.5) is 10.1 Å². The number of nitrogens with one attached hydrogen (secondary N) is 1. The lowest BCUT2D eigenvalue weighted by Crippen LogP contribution is -2.26. The second-order valence-corrected chi connectivity index (χ2v) is 8.75. The molecule has 0 saturated carbocycles. The van der Waals surface area contributed by atoms with Gasteiger partial charge in [-0.05, 0) is 62.7 Å². The fourth-order valence-electron chi connectivity index (χ4n) is 3.67. The molecule has 0 saturated heterocycles. The summed E-state index contributed by atoms with van der Waals surface area (Å²) < 4.78 is 22.0. The van der Waals surface area contributed by atoms with Gasteiger partial charge in [0.2, 0.25) is 5.91 Å². The maximum absolute atomic E-state index is 13.5. The number of aryl methyl sites for hydroxylation is 2. The molecule has 0 unspecified atom stereocenters. The standard InChI is InChI=1S/C25H26FN5O3S/c1-4-31-23-22(16(3)29-31)28-25(30(24(23)33)14-17-6-8-18(26)9-7-17)35-15-21(32)27-19-10-12-20(13-11-19)34-5-2/h6-13H,4-5,14-15H2,1-3H3,(H,27,32). The van der Waals surface area contributed by atoms with E-state index in [0.29, 0.717) is 40.7 Å². The molecule has 0 fully saturated rings. The molecule has 0 aliphatic rings. The molecule has 35 heavy (non-hydrogen) atoms. The lowest BCUT2D eigenvalue weighted by atomic mass is 10.2.